The van der Waals surface area contributed by atoms with E-state index in [-0.39, 0.29) is 23.1 Å². The van der Waals surface area contributed by atoms with Crippen molar-refractivity contribution in [3.63, 3.8) is 0 Å². The molecule has 1 amide bonds. The molecular weight excluding hydrogens is 472 g/mol. The maximum Gasteiger partial charge on any atom is 0.261 e. The van der Waals surface area contributed by atoms with E-state index in [1.165, 1.54) is 0 Å². The SMILES string of the molecule is COc1ccc2cc(CN(CC3CCCO3)C(=O)c3cc(C)c(C)[nH]c3=O)c(N3CCOCC3)nc2c1. The van der Waals surface area contributed by atoms with Gasteiger partial charge in [0.2, 0.25) is 0 Å². The molecule has 2 saturated heterocycles. The van der Waals surface area contributed by atoms with Gasteiger partial charge in [-0.05, 0) is 56.5 Å². The number of pyridine rings is 2. The molecule has 4 heterocycles. The normalized spacial score (nSPS) is 17.8. The molecule has 2 aliphatic heterocycles. The van der Waals surface area contributed by atoms with Crippen molar-refractivity contribution in [1.82, 2.24) is 14.9 Å². The van der Waals surface area contributed by atoms with Crippen LogP contribution in [-0.2, 0) is 16.0 Å². The zero-order chi connectivity index (χ0) is 25.9. The first-order valence-electron chi connectivity index (χ1n) is 12.8. The summed E-state index contributed by atoms with van der Waals surface area (Å²) in [6.45, 7) is 7.81. The molecule has 5 rings (SSSR count). The van der Waals surface area contributed by atoms with Crippen molar-refractivity contribution >= 4 is 22.6 Å². The fourth-order valence-corrected chi connectivity index (χ4v) is 4.99. The number of aryl methyl sites for hydroxylation is 2. The average Bonchev–Trinajstić information content (AvgIpc) is 3.43. The summed E-state index contributed by atoms with van der Waals surface area (Å²) in [6, 6.07) is 9.59. The Kier molecular flexibility index (Phi) is 7.43. The Morgan fingerprint density at radius 1 is 1.19 bits per heavy atom. The first kappa shape index (κ1) is 25.2. The van der Waals surface area contributed by atoms with E-state index in [0.29, 0.717) is 46.0 Å². The van der Waals surface area contributed by atoms with Crippen molar-refractivity contribution in [2.75, 3.05) is 51.5 Å². The summed E-state index contributed by atoms with van der Waals surface area (Å²) >= 11 is 0. The number of methoxy groups -OCH3 is 1. The number of fused-ring (bicyclic) bond motifs is 1. The number of carbonyl (C=O) groups is 1. The molecule has 2 aromatic heterocycles. The van der Waals surface area contributed by atoms with Gasteiger partial charge >= 0.3 is 0 Å². The number of hydrogen-bond donors (Lipinski definition) is 1. The van der Waals surface area contributed by atoms with Crippen LogP contribution >= 0.6 is 0 Å². The predicted octanol–water partition coefficient (Wildman–Crippen LogP) is 3.21. The number of aromatic amines is 1. The Balaban J connectivity index is 1.56. The van der Waals surface area contributed by atoms with Gasteiger partial charge in [0, 0.05) is 55.5 Å². The Morgan fingerprint density at radius 3 is 2.73 bits per heavy atom. The van der Waals surface area contributed by atoms with Crippen LogP contribution in [0.25, 0.3) is 10.9 Å². The Bertz CT molecular complexity index is 1340. The molecule has 1 atom stereocenters. The van der Waals surface area contributed by atoms with Crippen molar-refractivity contribution in [2.45, 2.75) is 39.3 Å². The van der Waals surface area contributed by atoms with Gasteiger partial charge in [0.15, 0.2) is 0 Å². The van der Waals surface area contributed by atoms with Crippen molar-refractivity contribution in [2.24, 2.45) is 0 Å². The van der Waals surface area contributed by atoms with E-state index in [4.69, 9.17) is 19.2 Å². The van der Waals surface area contributed by atoms with Crippen LogP contribution in [0, 0.1) is 13.8 Å². The molecule has 1 aromatic carbocycles. The minimum absolute atomic E-state index is 0.0564. The molecule has 2 fully saturated rings. The van der Waals surface area contributed by atoms with Gasteiger partial charge in [0.25, 0.3) is 11.5 Å². The molecule has 3 aromatic rings. The standard InChI is InChI=1S/C28H34N4O5/c1-18-13-24(27(33)29-19(18)2)28(34)32(17-23-5-4-10-37-23)16-21-14-20-6-7-22(35-3)15-25(20)30-26(21)31-8-11-36-12-9-31/h6-7,13-15,23H,4-5,8-12,16-17H2,1-3H3,(H,29,33). The molecule has 0 aliphatic carbocycles. The minimum atomic E-state index is -0.373. The molecule has 1 N–H and O–H groups in total. The van der Waals surface area contributed by atoms with E-state index < -0.39 is 0 Å². The lowest BCUT2D eigenvalue weighted by molar-refractivity contribution is 0.0505. The summed E-state index contributed by atoms with van der Waals surface area (Å²) in [5.41, 5.74) is 3.15. The van der Waals surface area contributed by atoms with E-state index in [9.17, 15) is 9.59 Å². The lowest BCUT2D eigenvalue weighted by atomic mass is 10.1. The highest BCUT2D eigenvalue weighted by Crippen LogP contribution is 2.29. The van der Waals surface area contributed by atoms with Gasteiger partial charge in [0.1, 0.15) is 17.1 Å². The largest absolute Gasteiger partial charge is 0.497 e. The van der Waals surface area contributed by atoms with Crippen LogP contribution in [0.15, 0.2) is 35.1 Å². The highest BCUT2D eigenvalue weighted by atomic mass is 16.5. The summed E-state index contributed by atoms with van der Waals surface area (Å²) in [4.78, 5) is 38.4. The van der Waals surface area contributed by atoms with Gasteiger partial charge in [-0.3, -0.25) is 9.59 Å². The molecule has 1 unspecified atom stereocenters. The van der Waals surface area contributed by atoms with E-state index in [1.807, 2.05) is 32.0 Å². The van der Waals surface area contributed by atoms with E-state index in [1.54, 1.807) is 18.1 Å². The first-order valence-corrected chi connectivity index (χ1v) is 12.8. The predicted molar refractivity (Wildman–Crippen MR) is 142 cm³/mol. The molecule has 9 nitrogen and oxygen atoms in total. The Morgan fingerprint density at radius 2 is 2.00 bits per heavy atom. The summed E-state index contributed by atoms with van der Waals surface area (Å²) in [5, 5.41) is 0.960. The van der Waals surface area contributed by atoms with Gasteiger partial charge in [-0.2, -0.15) is 0 Å². The van der Waals surface area contributed by atoms with Crippen molar-refractivity contribution in [1.29, 1.82) is 0 Å². The van der Waals surface area contributed by atoms with Gasteiger partial charge in [-0.15, -0.1) is 0 Å². The number of nitrogens with zero attached hydrogens (tertiary/aromatic N) is 3. The molecule has 2 aliphatic rings. The van der Waals surface area contributed by atoms with Crippen LogP contribution in [0.3, 0.4) is 0 Å². The van der Waals surface area contributed by atoms with Crippen LogP contribution in [0.4, 0.5) is 5.82 Å². The topological polar surface area (TPSA) is 97.0 Å². The number of nitrogens with one attached hydrogen (secondary N) is 1. The maximum absolute atomic E-state index is 13.8. The zero-order valence-corrected chi connectivity index (χ0v) is 21.7. The van der Waals surface area contributed by atoms with Crippen LogP contribution in [-0.4, -0.2) is 73.4 Å². The third-order valence-electron chi connectivity index (χ3n) is 7.22. The Labute approximate surface area is 216 Å². The van der Waals surface area contributed by atoms with E-state index in [0.717, 1.165) is 52.1 Å². The number of morpholine rings is 1. The fourth-order valence-electron chi connectivity index (χ4n) is 4.99. The highest BCUT2D eigenvalue weighted by Gasteiger charge is 2.28. The van der Waals surface area contributed by atoms with Gasteiger partial charge in [0.05, 0.1) is 31.9 Å². The summed E-state index contributed by atoms with van der Waals surface area (Å²) in [6.07, 6.45) is 1.80. The number of H-pyrrole nitrogens is 1. The van der Waals surface area contributed by atoms with Gasteiger partial charge < -0.3 is 29.0 Å². The quantitative estimate of drug-likeness (QED) is 0.526. The maximum atomic E-state index is 13.8. The van der Waals surface area contributed by atoms with E-state index >= 15 is 0 Å². The molecule has 9 heteroatoms. The molecular formula is C28H34N4O5. The molecule has 37 heavy (non-hydrogen) atoms. The van der Waals surface area contributed by atoms with Crippen LogP contribution in [0.2, 0.25) is 0 Å². The molecule has 0 radical (unpaired) electrons. The smallest absolute Gasteiger partial charge is 0.261 e. The molecule has 0 bridgehead atoms. The highest BCUT2D eigenvalue weighted by molar-refractivity contribution is 5.94. The lowest BCUT2D eigenvalue weighted by Gasteiger charge is -2.32. The second-order valence-electron chi connectivity index (χ2n) is 9.77. The van der Waals surface area contributed by atoms with Crippen molar-refractivity contribution in [3.8, 4) is 5.75 Å². The summed E-state index contributed by atoms with van der Waals surface area (Å²) in [5.74, 6) is 1.26. The zero-order valence-electron chi connectivity index (χ0n) is 21.7. The number of rotatable bonds is 7. The number of hydrogen-bond acceptors (Lipinski definition) is 7. The number of ether oxygens (including phenoxy) is 3. The summed E-state index contributed by atoms with van der Waals surface area (Å²) < 4.78 is 16.9. The molecule has 0 saturated carbocycles. The average molecular weight is 507 g/mol. The summed E-state index contributed by atoms with van der Waals surface area (Å²) in [7, 11) is 1.64. The van der Waals surface area contributed by atoms with Crippen LogP contribution in [0.5, 0.6) is 5.75 Å². The first-order chi connectivity index (χ1) is 17.9. The van der Waals surface area contributed by atoms with Crippen molar-refractivity contribution < 1.29 is 19.0 Å². The van der Waals surface area contributed by atoms with Crippen molar-refractivity contribution in [3.05, 3.63) is 63.1 Å². The fraction of sp³-hybridized carbons (Fsp3) is 0.464. The van der Waals surface area contributed by atoms with Crippen LogP contribution < -0.4 is 15.2 Å². The lowest BCUT2D eigenvalue weighted by Crippen LogP contribution is -2.41. The third-order valence-corrected chi connectivity index (χ3v) is 7.22. The second kappa shape index (κ2) is 10.9. The number of anilines is 1. The van der Waals surface area contributed by atoms with Gasteiger partial charge in [-0.25, -0.2) is 4.98 Å². The molecule has 196 valence electrons. The van der Waals surface area contributed by atoms with Gasteiger partial charge in [-0.1, -0.05) is 0 Å². The monoisotopic (exact) mass is 506 g/mol. The van der Waals surface area contributed by atoms with E-state index in [2.05, 4.69) is 16.0 Å². The third kappa shape index (κ3) is 5.47. The number of benzene rings is 1. The number of carbonyl (C=O) groups excluding carboxylic acids is 1. The number of aromatic nitrogens is 2. The minimum Gasteiger partial charge on any atom is -0.497 e. The van der Waals surface area contributed by atoms with Crippen LogP contribution in [0.1, 0.15) is 40.0 Å². The number of amides is 1. The Hall–Kier alpha value is -3.43. The molecule has 0 spiro atoms. The second-order valence-corrected chi connectivity index (χ2v) is 9.77.